The second kappa shape index (κ2) is 3.40. The van der Waals surface area contributed by atoms with Crippen molar-refractivity contribution in [3.05, 3.63) is 0 Å². The van der Waals surface area contributed by atoms with Gasteiger partial charge in [-0.2, -0.15) is 22.0 Å². The van der Waals surface area contributed by atoms with Crippen LogP contribution in [0.1, 0.15) is 12.8 Å². The van der Waals surface area contributed by atoms with Crippen molar-refractivity contribution < 1.29 is 22.0 Å². The molecule has 0 radical (unpaired) electrons. The number of alkyl halides is 5. The van der Waals surface area contributed by atoms with E-state index in [1.54, 1.807) is 0 Å². The Morgan fingerprint density at radius 2 is 1.77 bits per heavy atom. The van der Waals surface area contributed by atoms with Gasteiger partial charge >= 0.3 is 12.1 Å². The van der Waals surface area contributed by atoms with E-state index in [-0.39, 0.29) is 6.54 Å². The van der Waals surface area contributed by atoms with Crippen molar-refractivity contribution in [2.45, 2.75) is 24.9 Å². The van der Waals surface area contributed by atoms with Crippen molar-refractivity contribution in [3.63, 3.8) is 0 Å². The Balaban J connectivity index is 2.50. The van der Waals surface area contributed by atoms with Gasteiger partial charge in [0.1, 0.15) is 0 Å². The molecule has 1 rings (SSSR count). The van der Waals surface area contributed by atoms with Gasteiger partial charge in [-0.15, -0.1) is 0 Å². The van der Waals surface area contributed by atoms with Gasteiger partial charge in [0.15, 0.2) is 0 Å². The zero-order valence-corrected chi connectivity index (χ0v) is 6.80. The zero-order chi connectivity index (χ0) is 10.1. The first-order valence-electron chi connectivity index (χ1n) is 3.98. The van der Waals surface area contributed by atoms with Gasteiger partial charge in [-0.25, -0.2) is 0 Å². The first kappa shape index (κ1) is 10.7. The molecule has 0 amide bonds. The molecule has 0 bridgehead atoms. The second-order valence-corrected chi connectivity index (χ2v) is 3.27. The highest BCUT2D eigenvalue weighted by atomic mass is 19.4. The van der Waals surface area contributed by atoms with Crippen LogP contribution in [0.2, 0.25) is 0 Å². The summed E-state index contributed by atoms with van der Waals surface area (Å²) >= 11 is 0. The van der Waals surface area contributed by atoms with Gasteiger partial charge in [0.2, 0.25) is 0 Å². The third-order valence-corrected chi connectivity index (χ3v) is 2.12. The third-order valence-electron chi connectivity index (χ3n) is 2.12. The number of hydrogen-bond donors (Lipinski definition) is 1. The normalized spacial score (nSPS) is 25.2. The lowest BCUT2D eigenvalue weighted by molar-refractivity contribution is -0.287. The van der Waals surface area contributed by atoms with Crippen LogP contribution in [0.5, 0.6) is 0 Å². The summed E-state index contributed by atoms with van der Waals surface area (Å²) in [4.78, 5) is 0. The fourth-order valence-corrected chi connectivity index (χ4v) is 1.37. The first-order chi connectivity index (χ1) is 5.83. The number of nitrogens with one attached hydrogen (secondary N) is 1. The van der Waals surface area contributed by atoms with E-state index < -0.39 is 24.4 Å². The van der Waals surface area contributed by atoms with Crippen molar-refractivity contribution >= 4 is 0 Å². The van der Waals surface area contributed by atoms with E-state index in [9.17, 15) is 22.0 Å². The molecule has 1 saturated heterocycles. The first-order valence-corrected chi connectivity index (χ1v) is 3.98. The van der Waals surface area contributed by atoms with Crippen LogP contribution in [0.3, 0.4) is 0 Å². The van der Waals surface area contributed by atoms with E-state index in [1.165, 1.54) is 0 Å². The van der Waals surface area contributed by atoms with Crippen LogP contribution in [-0.4, -0.2) is 25.2 Å². The zero-order valence-electron chi connectivity index (χ0n) is 6.80. The minimum atomic E-state index is -5.41. The summed E-state index contributed by atoms with van der Waals surface area (Å²) in [5.74, 6) is -5.10. The highest BCUT2D eigenvalue weighted by molar-refractivity contribution is 4.82. The van der Waals surface area contributed by atoms with Crippen molar-refractivity contribution in [2.24, 2.45) is 5.92 Å². The summed E-state index contributed by atoms with van der Waals surface area (Å²) in [5.41, 5.74) is 0. The predicted molar refractivity (Wildman–Crippen MR) is 36.6 cm³/mol. The molecule has 0 aliphatic carbocycles. The van der Waals surface area contributed by atoms with Crippen LogP contribution < -0.4 is 5.32 Å². The van der Waals surface area contributed by atoms with Crippen LogP contribution in [0.15, 0.2) is 0 Å². The summed E-state index contributed by atoms with van der Waals surface area (Å²) in [6.45, 7) is 0.782. The van der Waals surface area contributed by atoms with Crippen LogP contribution in [0, 0.1) is 5.92 Å². The summed E-state index contributed by atoms with van der Waals surface area (Å²) in [5, 5.41) is 2.75. The summed E-state index contributed by atoms with van der Waals surface area (Å²) in [7, 11) is 0. The van der Waals surface area contributed by atoms with E-state index in [0.717, 1.165) is 0 Å². The Morgan fingerprint density at radius 1 is 1.15 bits per heavy atom. The smallest absolute Gasteiger partial charge is 0.316 e. The molecular weight excluding hydrogens is 193 g/mol. The molecule has 0 aromatic carbocycles. The lowest BCUT2D eigenvalue weighted by Gasteiger charge is -2.22. The molecule has 6 heteroatoms. The Kier molecular flexibility index (Phi) is 2.79. The van der Waals surface area contributed by atoms with Gasteiger partial charge in [-0.05, 0) is 25.4 Å². The molecule has 13 heavy (non-hydrogen) atoms. The summed E-state index contributed by atoms with van der Waals surface area (Å²) in [6.07, 6.45) is -6.11. The van der Waals surface area contributed by atoms with E-state index in [1.807, 2.05) is 0 Å². The second-order valence-electron chi connectivity index (χ2n) is 3.27. The standard InChI is InChI=1S/C7H10F5N/c8-6(9,7(10,11)12)3-5-1-2-13-4-5/h5,13H,1-4H2. The quantitative estimate of drug-likeness (QED) is 0.678. The fourth-order valence-electron chi connectivity index (χ4n) is 1.37. The third kappa shape index (κ3) is 2.52. The average Bonchev–Trinajstić information content (AvgIpc) is 2.35. The summed E-state index contributed by atoms with van der Waals surface area (Å²) < 4.78 is 60.0. The lowest BCUT2D eigenvalue weighted by atomic mass is 10.00. The maximum atomic E-state index is 12.4. The van der Waals surface area contributed by atoms with Crippen molar-refractivity contribution in [3.8, 4) is 0 Å². The van der Waals surface area contributed by atoms with E-state index in [0.29, 0.717) is 13.0 Å². The van der Waals surface area contributed by atoms with Crippen LogP contribution in [0.25, 0.3) is 0 Å². The van der Waals surface area contributed by atoms with E-state index in [4.69, 9.17) is 0 Å². The van der Waals surface area contributed by atoms with E-state index >= 15 is 0 Å². The maximum absolute atomic E-state index is 12.4. The molecule has 1 N–H and O–H groups in total. The molecule has 78 valence electrons. The molecule has 1 atom stereocenters. The van der Waals surface area contributed by atoms with Gasteiger partial charge < -0.3 is 5.32 Å². The maximum Gasteiger partial charge on any atom is 0.453 e. The molecule has 1 aliphatic rings. The largest absolute Gasteiger partial charge is 0.453 e. The number of rotatable bonds is 2. The molecule has 0 aromatic heterocycles. The average molecular weight is 203 g/mol. The van der Waals surface area contributed by atoms with Gasteiger partial charge in [0.25, 0.3) is 0 Å². The van der Waals surface area contributed by atoms with Crippen molar-refractivity contribution in [2.75, 3.05) is 13.1 Å². The summed E-state index contributed by atoms with van der Waals surface area (Å²) in [6, 6.07) is 0. The van der Waals surface area contributed by atoms with Gasteiger partial charge in [0, 0.05) is 6.42 Å². The van der Waals surface area contributed by atoms with Gasteiger partial charge in [-0.3, -0.25) is 0 Å². The lowest BCUT2D eigenvalue weighted by Crippen LogP contribution is -2.38. The number of halogens is 5. The minimum Gasteiger partial charge on any atom is -0.316 e. The van der Waals surface area contributed by atoms with Crippen molar-refractivity contribution in [1.29, 1.82) is 0 Å². The predicted octanol–water partition coefficient (Wildman–Crippen LogP) is 2.18. The molecule has 1 nitrogen and oxygen atoms in total. The monoisotopic (exact) mass is 203 g/mol. The fraction of sp³-hybridized carbons (Fsp3) is 1.00. The molecule has 1 fully saturated rings. The highest BCUT2D eigenvalue weighted by Crippen LogP contribution is 2.40. The minimum absolute atomic E-state index is 0.256. The van der Waals surface area contributed by atoms with Gasteiger partial charge in [0.05, 0.1) is 0 Å². The molecule has 0 spiro atoms. The molecule has 0 saturated carbocycles. The molecule has 1 unspecified atom stereocenters. The van der Waals surface area contributed by atoms with Crippen LogP contribution in [0.4, 0.5) is 22.0 Å². The Hall–Kier alpha value is -0.390. The van der Waals surface area contributed by atoms with E-state index in [2.05, 4.69) is 5.32 Å². The van der Waals surface area contributed by atoms with Crippen LogP contribution >= 0.6 is 0 Å². The molecule has 1 heterocycles. The Labute approximate surface area is 72.3 Å². The highest BCUT2D eigenvalue weighted by Gasteiger charge is 2.57. The Bertz CT molecular complexity index is 170. The molecule has 0 aromatic rings. The number of hydrogen-bond acceptors (Lipinski definition) is 1. The van der Waals surface area contributed by atoms with Crippen molar-refractivity contribution in [1.82, 2.24) is 5.32 Å². The topological polar surface area (TPSA) is 12.0 Å². The Morgan fingerprint density at radius 3 is 2.15 bits per heavy atom. The van der Waals surface area contributed by atoms with Gasteiger partial charge in [-0.1, -0.05) is 0 Å². The SMILES string of the molecule is FC(F)(F)C(F)(F)CC1CCNC1. The van der Waals surface area contributed by atoms with Crippen LogP contribution in [-0.2, 0) is 0 Å². The molecule has 1 aliphatic heterocycles. The molecular formula is C7H10F5N.